The van der Waals surface area contributed by atoms with Gasteiger partial charge in [0.2, 0.25) is 5.76 Å². The minimum absolute atomic E-state index is 0.0340. The quantitative estimate of drug-likeness (QED) is 0.746. The molecule has 17 heavy (non-hydrogen) atoms. The monoisotopic (exact) mass is 238 g/mol. The fourth-order valence-electron chi connectivity index (χ4n) is 2.23. The summed E-state index contributed by atoms with van der Waals surface area (Å²) in [6.07, 6.45) is 0.0340. The predicted octanol–water partition coefficient (Wildman–Crippen LogP) is 1.62. The van der Waals surface area contributed by atoms with Crippen molar-refractivity contribution in [3.63, 3.8) is 0 Å². The van der Waals surface area contributed by atoms with Crippen LogP contribution in [0.1, 0.15) is 37.0 Å². The Morgan fingerprint density at radius 1 is 1.59 bits per heavy atom. The number of aryl methyl sites for hydroxylation is 1. The molecule has 0 aliphatic carbocycles. The minimum Gasteiger partial charge on any atom is -0.369 e. The molecule has 0 spiro atoms. The summed E-state index contributed by atoms with van der Waals surface area (Å²) in [5, 5.41) is 3.73. The molecule has 5 nitrogen and oxygen atoms in total. The van der Waals surface area contributed by atoms with Gasteiger partial charge in [-0.25, -0.2) is 0 Å². The number of hydrogen-bond donors (Lipinski definition) is 0. The van der Waals surface area contributed by atoms with Crippen molar-refractivity contribution in [2.45, 2.75) is 39.4 Å². The molecule has 2 heterocycles. The van der Waals surface area contributed by atoms with Crippen LogP contribution in [0.5, 0.6) is 0 Å². The van der Waals surface area contributed by atoms with E-state index in [1.54, 1.807) is 17.9 Å². The zero-order chi connectivity index (χ0) is 12.6. The molecule has 0 aromatic carbocycles. The Balaban J connectivity index is 2.14. The zero-order valence-electron chi connectivity index (χ0n) is 10.7. The molecule has 94 valence electrons. The summed E-state index contributed by atoms with van der Waals surface area (Å²) in [5.74, 6) is 0.182. The third-order valence-electron chi connectivity index (χ3n) is 2.70. The van der Waals surface area contributed by atoms with Crippen molar-refractivity contribution in [1.82, 2.24) is 10.1 Å². The van der Waals surface area contributed by atoms with Gasteiger partial charge in [-0.2, -0.15) is 0 Å². The maximum atomic E-state index is 12.2. The molecule has 1 saturated heterocycles. The molecule has 1 aromatic rings. The first-order valence-electron chi connectivity index (χ1n) is 5.78. The Labute approximate surface area is 101 Å². The van der Waals surface area contributed by atoms with E-state index >= 15 is 0 Å². The fraction of sp³-hybridized carbons (Fsp3) is 0.667. The first-order chi connectivity index (χ1) is 7.87. The van der Waals surface area contributed by atoms with Gasteiger partial charge in [0.15, 0.2) is 0 Å². The lowest BCUT2D eigenvalue weighted by Crippen LogP contribution is -2.53. The van der Waals surface area contributed by atoms with Crippen molar-refractivity contribution in [2.24, 2.45) is 0 Å². The zero-order valence-corrected chi connectivity index (χ0v) is 10.7. The lowest BCUT2D eigenvalue weighted by molar-refractivity contribution is -0.119. The molecule has 5 heteroatoms. The summed E-state index contributed by atoms with van der Waals surface area (Å²) < 4.78 is 10.8. The molecular weight excluding hydrogens is 220 g/mol. The van der Waals surface area contributed by atoms with Gasteiger partial charge in [0.1, 0.15) is 0 Å². The van der Waals surface area contributed by atoms with Crippen LogP contribution >= 0.6 is 0 Å². The van der Waals surface area contributed by atoms with Crippen LogP contribution in [0.4, 0.5) is 0 Å². The lowest BCUT2D eigenvalue weighted by atomic mass is 10.1. The molecule has 2 rings (SSSR count). The van der Waals surface area contributed by atoms with Crippen LogP contribution in [0.3, 0.4) is 0 Å². The van der Waals surface area contributed by atoms with E-state index in [1.165, 1.54) is 0 Å². The Kier molecular flexibility index (Phi) is 2.95. The van der Waals surface area contributed by atoms with E-state index in [0.717, 1.165) is 0 Å². The van der Waals surface area contributed by atoms with Crippen LogP contribution in [0, 0.1) is 6.92 Å². The van der Waals surface area contributed by atoms with Gasteiger partial charge < -0.3 is 14.2 Å². The van der Waals surface area contributed by atoms with Gasteiger partial charge in [0, 0.05) is 19.2 Å². The van der Waals surface area contributed by atoms with Crippen molar-refractivity contribution in [3.05, 3.63) is 17.5 Å². The number of aromatic nitrogens is 1. The van der Waals surface area contributed by atoms with Crippen molar-refractivity contribution in [2.75, 3.05) is 13.1 Å². The lowest BCUT2D eigenvalue weighted by Gasteiger charge is -2.41. The van der Waals surface area contributed by atoms with Gasteiger partial charge in [0.05, 0.1) is 17.4 Å². The van der Waals surface area contributed by atoms with E-state index in [1.807, 2.05) is 20.8 Å². The van der Waals surface area contributed by atoms with Gasteiger partial charge in [-0.05, 0) is 27.7 Å². The largest absolute Gasteiger partial charge is 0.369 e. The van der Waals surface area contributed by atoms with Crippen molar-refractivity contribution >= 4 is 5.91 Å². The van der Waals surface area contributed by atoms with Crippen LogP contribution < -0.4 is 0 Å². The summed E-state index contributed by atoms with van der Waals surface area (Å²) in [5.41, 5.74) is 0.400. The van der Waals surface area contributed by atoms with Crippen LogP contribution in [0.2, 0.25) is 0 Å². The molecular formula is C12H18N2O3. The van der Waals surface area contributed by atoms with E-state index in [2.05, 4.69) is 5.16 Å². The molecule has 1 aliphatic rings. The number of carbonyl (C=O) groups excluding carboxylic acids is 1. The predicted molar refractivity (Wildman–Crippen MR) is 61.8 cm³/mol. The number of carbonyl (C=O) groups is 1. The number of ether oxygens (including phenoxy) is 1. The SMILES string of the molecule is Cc1cc(C(=O)N2C[C@H](C)OC(C)(C)C2)on1. The Morgan fingerprint density at radius 3 is 2.82 bits per heavy atom. The second-order valence-corrected chi connectivity index (χ2v) is 5.21. The number of rotatable bonds is 1. The first kappa shape index (κ1) is 12.1. The second-order valence-electron chi connectivity index (χ2n) is 5.21. The summed E-state index contributed by atoms with van der Waals surface area (Å²) in [4.78, 5) is 13.9. The van der Waals surface area contributed by atoms with Crippen molar-refractivity contribution < 1.29 is 14.1 Å². The molecule has 1 atom stereocenters. The summed E-state index contributed by atoms with van der Waals surface area (Å²) in [6.45, 7) is 8.88. The highest BCUT2D eigenvalue weighted by Crippen LogP contribution is 2.22. The summed E-state index contributed by atoms with van der Waals surface area (Å²) >= 11 is 0. The number of morpholine rings is 1. The standard InChI is InChI=1S/C12H18N2O3/c1-8-5-10(17-13-8)11(15)14-6-9(2)16-12(3,4)7-14/h5,9H,6-7H2,1-4H3/t9-/m0/s1. The summed E-state index contributed by atoms with van der Waals surface area (Å²) in [6, 6.07) is 1.66. The average Bonchev–Trinajstić information content (AvgIpc) is 2.60. The normalized spacial score (nSPS) is 23.8. The molecule has 1 amide bonds. The van der Waals surface area contributed by atoms with E-state index in [-0.39, 0.29) is 17.6 Å². The molecule has 0 saturated carbocycles. The second kappa shape index (κ2) is 4.14. The average molecular weight is 238 g/mol. The molecule has 0 N–H and O–H groups in total. The fourth-order valence-corrected chi connectivity index (χ4v) is 2.23. The van der Waals surface area contributed by atoms with Gasteiger partial charge in [0.25, 0.3) is 5.91 Å². The van der Waals surface area contributed by atoms with Crippen molar-refractivity contribution in [1.29, 1.82) is 0 Å². The maximum absolute atomic E-state index is 12.2. The topological polar surface area (TPSA) is 55.6 Å². The molecule has 0 unspecified atom stereocenters. The van der Waals surface area contributed by atoms with E-state index in [9.17, 15) is 4.79 Å². The molecule has 0 bridgehead atoms. The molecule has 1 fully saturated rings. The van der Waals surface area contributed by atoms with E-state index < -0.39 is 0 Å². The highest BCUT2D eigenvalue weighted by atomic mass is 16.5. The Bertz CT molecular complexity index is 425. The van der Waals surface area contributed by atoms with Crippen LogP contribution in [-0.4, -0.2) is 40.8 Å². The van der Waals surface area contributed by atoms with Crippen LogP contribution in [0.25, 0.3) is 0 Å². The van der Waals surface area contributed by atoms with Crippen LogP contribution in [-0.2, 0) is 4.74 Å². The third-order valence-corrected chi connectivity index (χ3v) is 2.70. The van der Waals surface area contributed by atoms with Gasteiger partial charge in [-0.1, -0.05) is 5.16 Å². The van der Waals surface area contributed by atoms with Crippen LogP contribution in [0.15, 0.2) is 10.6 Å². The molecule has 1 aromatic heterocycles. The number of nitrogens with zero attached hydrogens (tertiary/aromatic N) is 2. The highest BCUT2D eigenvalue weighted by molar-refractivity contribution is 5.91. The minimum atomic E-state index is -0.317. The first-order valence-corrected chi connectivity index (χ1v) is 5.78. The van der Waals surface area contributed by atoms with Gasteiger partial charge >= 0.3 is 0 Å². The summed E-state index contributed by atoms with van der Waals surface area (Å²) in [7, 11) is 0. The molecule has 0 radical (unpaired) electrons. The van der Waals surface area contributed by atoms with Gasteiger partial charge in [-0.15, -0.1) is 0 Å². The molecule has 1 aliphatic heterocycles. The Hall–Kier alpha value is -1.36. The third kappa shape index (κ3) is 2.66. The van der Waals surface area contributed by atoms with Crippen molar-refractivity contribution in [3.8, 4) is 0 Å². The van der Waals surface area contributed by atoms with Gasteiger partial charge in [-0.3, -0.25) is 4.79 Å². The maximum Gasteiger partial charge on any atom is 0.292 e. The Morgan fingerprint density at radius 2 is 2.29 bits per heavy atom. The van der Waals surface area contributed by atoms with E-state index in [0.29, 0.717) is 24.5 Å². The number of hydrogen-bond acceptors (Lipinski definition) is 4. The smallest absolute Gasteiger partial charge is 0.292 e. The van der Waals surface area contributed by atoms with E-state index in [4.69, 9.17) is 9.26 Å². The highest BCUT2D eigenvalue weighted by Gasteiger charge is 2.35. The number of amides is 1.